The largest absolute Gasteiger partial charge is 0.298 e. The van der Waals surface area contributed by atoms with Crippen LogP contribution in [0.3, 0.4) is 0 Å². The average molecular weight is 688 g/mol. The summed E-state index contributed by atoms with van der Waals surface area (Å²) in [4.78, 5) is 26.3. The van der Waals surface area contributed by atoms with Crippen molar-refractivity contribution in [2.75, 3.05) is 33.2 Å². The summed E-state index contributed by atoms with van der Waals surface area (Å²) in [5.41, 5.74) is -0.597. The first-order valence-corrected chi connectivity index (χ1v) is 19.5. The van der Waals surface area contributed by atoms with Gasteiger partial charge in [0.25, 0.3) is 0 Å². The lowest BCUT2D eigenvalue weighted by molar-refractivity contribution is -0.361. The first-order chi connectivity index (χ1) is 22.1. The van der Waals surface area contributed by atoms with Crippen LogP contribution < -0.4 is 0 Å². The molecule has 0 saturated carbocycles. The molecule has 0 N–H and O–H groups in total. The van der Waals surface area contributed by atoms with Gasteiger partial charge < -0.3 is 0 Å². The number of piperidine rings is 2. The lowest BCUT2D eigenvalue weighted by atomic mass is 9.80. The lowest BCUT2D eigenvalue weighted by Gasteiger charge is -2.55. The smallest absolute Gasteiger partial charge is 0.103 e. The van der Waals surface area contributed by atoms with Gasteiger partial charge in [-0.3, -0.25) is 19.4 Å². The van der Waals surface area contributed by atoms with Crippen molar-refractivity contribution in [3.8, 4) is 0 Å². The van der Waals surface area contributed by atoms with Gasteiger partial charge in [-0.1, -0.05) is 78.1 Å². The maximum Gasteiger partial charge on any atom is 0.103 e. The molecule has 3 fully saturated rings. The average Bonchev–Trinajstić information content (AvgIpc) is 2.92. The number of nitrogens with zero attached hydrogens (tertiary/aromatic N) is 5. The Hall–Kier alpha value is -0.0700. The van der Waals surface area contributed by atoms with Gasteiger partial charge in [0.1, 0.15) is 6.67 Å². The summed E-state index contributed by atoms with van der Waals surface area (Å²) in [6.07, 6.45) is 18.9. The van der Waals surface area contributed by atoms with Gasteiger partial charge in [0.15, 0.2) is 0 Å². The zero-order chi connectivity index (χ0) is 34.7. The van der Waals surface area contributed by atoms with Gasteiger partial charge >= 0.3 is 0 Å². The summed E-state index contributed by atoms with van der Waals surface area (Å²) in [6.45, 7) is 25.9. The molecule has 0 atom stereocenters. The summed E-state index contributed by atoms with van der Waals surface area (Å²) in [6, 6.07) is 0. The number of halogens is 1. The molecule has 47 heavy (non-hydrogen) atoms. The standard InChI is InChI=1S/C37H74ClN5O4/c1-11-13-15-17-19-21-23-44-42-34(3,4)25-32(26-35(42,5)6)46-40-29-39(38)30-41(31-40)47-33-27-36(7,8)43(37(9,10)28-33)45-24-22-20-18-16-14-12-2/h32-33H,11-31H2,1-10H3. The van der Waals surface area contributed by atoms with Crippen molar-refractivity contribution in [1.29, 1.82) is 0 Å². The van der Waals surface area contributed by atoms with E-state index in [1.165, 1.54) is 64.2 Å². The van der Waals surface area contributed by atoms with Crippen LogP contribution in [0.15, 0.2) is 0 Å². The molecule has 3 aliphatic heterocycles. The minimum atomic E-state index is -0.149. The van der Waals surface area contributed by atoms with Crippen LogP contribution in [0.2, 0.25) is 0 Å². The summed E-state index contributed by atoms with van der Waals surface area (Å²) >= 11 is 6.67. The third-order valence-corrected chi connectivity index (χ3v) is 10.3. The topological polar surface area (TPSA) is 53.1 Å². The Balaban J connectivity index is 1.49. The minimum Gasteiger partial charge on any atom is -0.298 e. The SMILES string of the molecule is CCCCCCCCON1C(C)(C)CC(ON2CN(Cl)CN(OC3CC(C)(C)N(OCCCCCCCC)C(C)(C)C3)C2)CC1(C)C. The Morgan fingerprint density at radius 1 is 0.489 bits per heavy atom. The second-order valence-corrected chi connectivity index (χ2v) is 17.6. The van der Waals surface area contributed by atoms with E-state index in [4.69, 9.17) is 31.1 Å². The van der Waals surface area contributed by atoms with E-state index in [0.29, 0.717) is 20.0 Å². The van der Waals surface area contributed by atoms with Crippen LogP contribution in [0.25, 0.3) is 0 Å². The van der Waals surface area contributed by atoms with Gasteiger partial charge in [0.2, 0.25) is 0 Å². The van der Waals surface area contributed by atoms with Gasteiger partial charge in [-0.2, -0.15) is 24.7 Å². The van der Waals surface area contributed by atoms with E-state index in [1.807, 2.05) is 10.1 Å². The molecule has 3 rings (SSSR count). The van der Waals surface area contributed by atoms with Gasteiger partial charge in [0, 0.05) is 22.2 Å². The van der Waals surface area contributed by atoms with E-state index in [1.54, 1.807) is 4.42 Å². The van der Waals surface area contributed by atoms with Crippen LogP contribution >= 0.6 is 11.8 Å². The molecule has 0 unspecified atom stereocenters. The molecule has 3 aliphatic rings. The molecule has 0 amide bonds. The third-order valence-electron chi connectivity index (χ3n) is 10.1. The van der Waals surface area contributed by atoms with Crippen LogP contribution in [-0.4, -0.2) is 92.3 Å². The highest BCUT2D eigenvalue weighted by molar-refractivity contribution is 6.13. The molecule has 9 nitrogen and oxygen atoms in total. The van der Waals surface area contributed by atoms with Gasteiger partial charge in [-0.15, -0.1) is 0 Å². The van der Waals surface area contributed by atoms with E-state index in [-0.39, 0.29) is 34.4 Å². The Morgan fingerprint density at radius 3 is 1.15 bits per heavy atom. The second-order valence-electron chi connectivity index (χ2n) is 17.2. The summed E-state index contributed by atoms with van der Waals surface area (Å²) in [5, 5.41) is 8.43. The van der Waals surface area contributed by atoms with Crippen molar-refractivity contribution in [3.63, 3.8) is 0 Å². The number of hydrogen-bond donors (Lipinski definition) is 0. The summed E-state index contributed by atoms with van der Waals surface area (Å²) in [5.74, 6) is 0. The maximum atomic E-state index is 6.68. The zero-order valence-electron chi connectivity index (χ0n) is 32.3. The van der Waals surface area contributed by atoms with E-state index in [2.05, 4.69) is 79.4 Å². The number of hydrogen-bond acceptors (Lipinski definition) is 9. The molecule has 278 valence electrons. The van der Waals surface area contributed by atoms with Gasteiger partial charge in [-0.25, -0.2) is 0 Å². The molecular weight excluding hydrogens is 614 g/mol. The van der Waals surface area contributed by atoms with Gasteiger partial charge in [0.05, 0.1) is 38.8 Å². The number of rotatable bonds is 20. The molecule has 3 heterocycles. The lowest BCUT2D eigenvalue weighted by Crippen LogP contribution is -2.64. The predicted molar refractivity (Wildman–Crippen MR) is 193 cm³/mol. The molecule has 0 aliphatic carbocycles. The first kappa shape index (κ1) is 41.4. The Kier molecular flexibility index (Phi) is 16.7. The molecule has 0 aromatic rings. The van der Waals surface area contributed by atoms with E-state index >= 15 is 0 Å². The molecule has 0 aromatic heterocycles. The van der Waals surface area contributed by atoms with Crippen molar-refractivity contribution >= 4 is 11.8 Å². The molecule has 0 radical (unpaired) electrons. The van der Waals surface area contributed by atoms with Gasteiger partial charge in [-0.05, 0) is 106 Å². The van der Waals surface area contributed by atoms with Crippen LogP contribution in [-0.2, 0) is 19.4 Å². The molecule has 0 aromatic carbocycles. The summed E-state index contributed by atoms with van der Waals surface area (Å²) < 4.78 is 1.74. The molecule has 0 spiro atoms. The first-order valence-electron chi connectivity index (χ1n) is 19.2. The van der Waals surface area contributed by atoms with Crippen LogP contribution in [0.4, 0.5) is 0 Å². The normalized spacial score (nSPS) is 25.1. The maximum absolute atomic E-state index is 6.68. The Bertz CT molecular complexity index is 787. The van der Waals surface area contributed by atoms with Crippen molar-refractivity contribution in [3.05, 3.63) is 0 Å². The molecule has 3 saturated heterocycles. The fourth-order valence-electron chi connectivity index (χ4n) is 8.48. The van der Waals surface area contributed by atoms with Crippen LogP contribution in [0.1, 0.15) is 172 Å². The molecular formula is C37H74ClN5O4. The second kappa shape index (κ2) is 19.0. The van der Waals surface area contributed by atoms with Crippen molar-refractivity contribution in [2.45, 2.75) is 206 Å². The van der Waals surface area contributed by atoms with E-state index < -0.39 is 0 Å². The highest BCUT2D eigenvalue weighted by atomic mass is 35.5. The highest BCUT2D eigenvalue weighted by Crippen LogP contribution is 2.42. The van der Waals surface area contributed by atoms with Crippen molar-refractivity contribution < 1.29 is 19.4 Å². The highest BCUT2D eigenvalue weighted by Gasteiger charge is 2.49. The van der Waals surface area contributed by atoms with Crippen molar-refractivity contribution in [2.24, 2.45) is 0 Å². The molecule has 0 bridgehead atoms. The number of hydroxylamine groups is 8. The van der Waals surface area contributed by atoms with E-state index in [0.717, 1.165) is 51.7 Å². The van der Waals surface area contributed by atoms with Crippen LogP contribution in [0.5, 0.6) is 0 Å². The third kappa shape index (κ3) is 13.2. The minimum absolute atomic E-state index is 0.0591. The number of unbranched alkanes of at least 4 members (excludes halogenated alkanes) is 10. The van der Waals surface area contributed by atoms with E-state index in [9.17, 15) is 0 Å². The Morgan fingerprint density at radius 2 is 0.809 bits per heavy atom. The summed E-state index contributed by atoms with van der Waals surface area (Å²) in [7, 11) is 0. The monoisotopic (exact) mass is 688 g/mol. The fraction of sp³-hybridized carbons (Fsp3) is 1.00. The van der Waals surface area contributed by atoms with Crippen molar-refractivity contribution in [1.82, 2.24) is 24.7 Å². The molecule has 10 heteroatoms. The zero-order valence-corrected chi connectivity index (χ0v) is 33.0. The van der Waals surface area contributed by atoms with Crippen LogP contribution in [0, 0.1) is 0 Å². The quantitative estimate of drug-likeness (QED) is 0.0920. The fourth-order valence-corrected chi connectivity index (χ4v) is 8.71. The Labute approximate surface area is 294 Å². The predicted octanol–water partition coefficient (Wildman–Crippen LogP) is 9.42.